The van der Waals surface area contributed by atoms with Crippen molar-refractivity contribution in [1.82, 2.24) is 4.98 Å². The van der Waals surface area contributed by atoms with Crippen LogP contribution in [0, 0.1) is 5.82 Å². The first-order valence-corrected chi connectivity index (χ1v) is 6.16. The van der Waals surface area contributed by atoms with E-state index in [2.05, 4.69) is 10.3 Å². The summed E-state index contributed by atoms with van der Waals surface area (Å²) in [6, 6.07) is 4.93. The molecule has 0 radical (unpaired) electrons. The molecule has 0 aliphatic heterocycles. The molecule has 0 amide bonds. The number of nitrogens with two attached hydrogens (primary N) is 2. The summed E-state index contributed by atoms with van der Waals surface area (Å²) in [6.07, 6.45) is 1.60. The van der Waals surface area contributed by atoms with Gasteiger partial charge in [0.15, 0.2) is 5.82 Å². The highest BCUT2D eigenvalue weighted by molar-refractivity contribution is 6.33. The number of anilines is 3. The number of hydrogen-bond donors (Lipinski definition) is 3. The normalized spacial score (nSPS) is 10.3. The number of rotatable bonds is 4. The minimum Gasteiger partial charge on any atom is -0.481 e. The molecule has 0 fully saturated rings. The van der Waals surface area contributed by atoms with E-state index >= 15 is 0 Å². The highest BCUT2D eigenvalue weighted by Gasteiger charge is 2.14. The molecule has 0 saturated carbocycles. The Morgan fingerprint density at radius 3 is 2.80 bits per heavy atom. The van der Waals surface area contributed by atoms with Crippen LogP contribution in [0.4, 0.5) is 21.5 Å². The second-order valence-electron chi connectivity index (χ2n) is 4.12. The van der Waals surface area contributed by atoms with Crippen molar-refractivity contribution in [3.63, 3.8) is 0 Å². The van der Waals surface area contributed by atoms with Crippen molar-refractivity contribution in [2.45, 2.75) is 6.54 Å². The van der Waals surface area contributed by atoms with Gasteiger partial charge < -0.3 is 21.5 Å². The van der Waals surface area contributed by atoms with Crippen molar-refractivity contribution in [2.24, 2.45) is 0 Å². The molecular formula is C13H14ClFN4O. The molecule has 0 aliphatic carbocycles. The predicted octanol–water partition coefficient (Wildman–Crippen LogP) is 2.66. The van der Waals surface area contributed by atoms with Gasteiger partial charge in [0, 0.05) is 18.8 Å². The summed E-state index contributed by atoms with van der Waals surface area (Å²) in [6.45, 7) is 0.347. The molecule has 1 aromatic heterocycles. The average molecular weight is 297 g/mol. The second kappa shape index (κ2) is 5.83. The van der Waals surface area contributed by atoms with Crippen molar-refractivity contribution < 1.29 is 9.13 Å². The zero-order chi connectivity index (χ0) is 14.7. The minimum atomic E-state index is -0.662. The van der Waals surface area contributed by atoms with Gasteiger partial charge in [0.05, 0.1) is 24.2 Å². The fourth-order valence-electron chi connectivity index (χ4n) is 1.71. The van der Waals surface area contributed by atoms with E-state index in [0.717, 1.165) is 5.56 Å². The summed E-state index contributed by atoms with van der Waals surface area (Å²) in [7, 11) is 1.52. The van der Waals surface area contributed by atoms with E-state index in [-0.39, 0.29) is 22.1 Å². The summed E-state index contributed by atoms with van der Waals surface area (Å²) in [5.41, 5.74) is 12.6. The zero-order valence-electron chi connectivity index (χ0n) is 10.8. The fraction of sp³-hybridized carbons (Fsp3) is 0.154. The van der Waals surface area contributed by atoms with E-state index in [0.29, 0.717) is 12.4 Å². The lowest BCUT2D eigenvalue weighted by molar-refractivity contribution is 0.397. The number of methoxy groups -OCH3 is 1. The maximum Gasteiger partial charge on any atom is 0.213 e. The van der Waals surface area contributed by atoms with Crippen LogP contribution < -0.4 is 21.5 Å². The number of nitrogens with zero attached hydrogens (tertiary/aromatic N) is 1. The molecule has 106 valence electrons. The van der Waals surface area contributed by atoms with Crippen LogP contribution in [0.15, 0.2) is 24.4 Å². The first-order chi connectivity index (χ1) is 9.52. The smallest absolute Gasteiger partial charge is 0.213 e. The lowest BCUT2D eigenvalue weighted by atomic mass is 10.2. The van der Waals surface area contributed by atoms with Gasteiger partial charge in [-0.05, 0) is 17.7 Å². The van der Waals surface area contributed by atoms with Gasteiger partial charge in [0.25, 0.3) is 0 Å². The van der Waals surface area contributed by atoms with Crippen LogP contribution in [0.25, 0.3) is 0 Å². The summed E-state index contributed by atoms with van der Waals surface area (Å²) >= 11 is 5.76. The third-order valence-corrected chi connectivity index (χ3v) is 3.13. The Hall–Kier alpha value is -2.21. The molecule has 7 heteroatoms. The largest absolute Gasteiger partial charge is 0.481 e. The van der Waals surface area contributed by atoms with Crippen LogP contribution >= 0.6 is 11.6 Å². The second-order valence-corrected chi connectivity index (χ2v) is 4.50. The third-order valence-electron chi connectivity index (χ3n) is 2.74. The summed E-state index contributed by atoms with van der Waals surface area (Å²) in [5.74, 6) is -0.182. The number of nitrogen functional groups attached to an aromatic ring is 2. The molecule has 20 heavy (non-hydrogen) atoms. The van der Waals surface area contributed by atoms with Gasteiger partial charge in [0.2, 0.25) is 5.88 Å². The Morgan fingerprint density at radius 2 is 2.10 bits per heavy atom. The number of hydrogen-bond acceptors (Lipinski definition) is 5. The summed E-state index contributed by atoms with van der Waals surface area (Å²) in [4.78, 5) is 3.99. The van der Waals surface area contributed by atoms with Gasteiger partial charge in [-0.15, -0.1) is 0 Å². The maximum atomic E-state index is 14.0. The minimum absolute atomic E-state index is 0.109. The van der Waals surface area contributed by atoms with Crippen molar-refractivity contribution in [3.05, 3.63) is 40.8 Å². The number of aromatic nitrogens is 1. The fourth-order valence-corrected chi connectivity index (χ4v) is 1.86. The Labute approximate surface area is 120 Å². The van der Waals surface area contributed by atoms with Crippen LogP contribution in [0.2, 0.25) is 5.02 Å². The van der Waals surface area contributed by atoms with Crippen LogP contribution in [-0.2, 0) is 6.54 Å². The Bertz CT molecular complexity index is 636. The first kappa shape index (κ1) is 14.2. The number of benzene rings is 1. The molecule has 0 bridgehead atoms. The molecule has 2 rings (SSSR count). The molecular weight excluding hydrogens is 283 g/mol. The first-order valence-electron chi connectivity index (χ1n) is 5.78. The molecule has 0 unspecified atom stereocenters. The Morgan fingerprint density at radius 1 is 1.35 bits per heavy atom. The molecule has 0 saturated heterocycles. The number of nitrogens with one attached hydrogen (secondary N) is 1. The van der Waals surface area contributed by atoms with Gasteiger partial charge in [-0.1, -0.05) is 11.6 Å². The van der Waals surface area contributed by atoms with Crippen LogP contribution in [0.1, 0.15) is 5.56 Å². The average Bonchev–Trinajstić information content (AvgIpc) is 2.45. The number of pyridine rings is 1. The lowest BCUT2D eigenvalue weighted by Gasteiger charge is -2.13. The molecule has 1 heterocycles. The maximum absolute atomic E-state index is 14.0. The molecule has 0 atom stereocenters. The van der Waals surface area contributed by atoms with E-state index in [4.69, 9.17) is 27.8 Å². The van der Waals surface area contributed by atoms with Gasteiger partial charge in [-0.25, -0.2) is 9.37 Å². The highest BCUT2D eigenvalue weighted by Crippen LogP contribution is 2.33. The molecule has 0 aliphatic rings. The Balaban J connectivity index is 2.21. The van der Waals surface area contributed by atoms with Crippen LogP contribution in [0.5, 0.6) is 5.88 Å². The Kier molecular flexibility index (Phi) is 4.14. The van der Waals surface area contributed by atoms with Crippen LogP contribution in [0.3, 0.4) is 0 Å². The van der Waals surface area contributed by atoms with E-state index in [1.807, 2.05) is 0 Å². The molecule has 2 aromatic rings. The van der Waals surface area contributed by atoms with E-state index in [1.54, 1.807) is 18.3 Å². The van der Waals surface area contributed by atoms with Gasteiger partial charge >= 0.3 is 0 Å². The standard InChI is InChI=1S/C13H14ClFN4O/c1-20-10-4-7(2-3-18-10)6-19-13-9(17)5-8(16)11(14)12(13)15/h2-5,19H,6,16-17H2,1H3. The SMILES string of the molecule is COc1cc(CNc2c(N)cc(N)c(Cl)c2F)ccn1. The van der Waals surface area contributed by atoms with E-state index in [9.17, 15) is 4.39 Å². The summed E-state index contributed by atoms with van der Waals surface area (Å²) in [5, 5.41) is 2.75. The van der Waals surface area contributed by atoms with Crippen molar-refractivity contribution in [1.29, 1.82) is 0 Å². The van der Waals surface area contributed by atoms with Gasteiger partial charge in [0.1, 0.15) is 5.02 Å². The van der Waals surface area contributed by atoms with Crippen LogP contribution in [-0.4, -0.2) is 12.1 Å². The van der Waals surface area contributed by atoms with Crippen molar-refractivity contribution in [3.8, 4) is 5.88 Å². The summed E-state index contributed by atoms with van der Waals surface area (Å²) < 4.78 is 19.0. The van der Waals surface area contributed by atoms with Crippen molar-refractivity contribution in [2.75, 3.05) is 23.9 Å². The van der Waals surface area contributed by atoms with Gasteiger partial charge in [-0.2, -0.15) is 0 Å². The number of halogens is 2. The van der Waals surface area contributed by atoms with E-state index in [1.165, 1.54) is 13.2 Å². The predicted molar refractivity (Wildman–Crippen MR) is 78.4 cm³/mol. The zero-order valence-corrected chi connectivity index (χ0v) is 11.5. The monoisotopic (exact) mass is 296 g/mol. The van der Waals surface area contributed by atoms with Gasteiger partial charge in [-0.3, -0.25) is 0 Å². The topological polar surface area (TPSA) is 86.2 Å². The quantitative estimate of drug-likeness (QED) is 0.755. The lowest BCUT2D eigenvalue weighted by Crippen LogP contribution is -2.07. The highest BCUT2D eigenvalue weighted by atomic mass is 35.5. The molecule has 5 nitrogen and oxygen atoms in total. The van der Waals surface area contributed by atoms with E-state index < -0.39 is 5.82 Å². The van der Waals surface area contributed by atoms with Crippen molar-refractivity contribution >= 4 is 28.7 Å². The third kappa shape index (κ3) is 2.85. The number of ether oxygens (including phenoxy) is 1. The molecule has 5 N–H and O–H groups in total. The molecule has 1 aromatic carbocycles. The molecule has 0 spiro atoms.